The van der Waals surface area contributed by atoms with Crippen LogP contribution in [0.3, 0.4) is 0 Å². The zero-order valence-corrected chi connectivity index (χ0v) is 27.9. The molecule has 0 radical (unpaired) electrons. The number of aromatic nitrogens is 1. The first kappa shape index (κ1) is 34.2. The van der Waals surface area contributed by atoms with Gasteiger partial charge in [-0.3, -0.25) is 14.6 Å². The van der Waals surface area contributed by atoms with Gasteiger partial charge in [-0.1, -0.05) is 13.8 Å². The second-order valence-corrected chi connectivity index (χ2v) is 14.4. The second-order valence-electron chi connectivity index (χ2n) is 14.4. The van der Waals surface area contributed by atoms with Gasteiger partial charge in [-0.2, -0.15) is 8.78 Å². The molecular formula is C35H36BF4N3O7. The summed E-state index contributed by atoms with van der Waals surface area (Å²) in [6.07, 6.45) is 5.01. The first-order valence-electron chi connectivity index (χ1n) is 16.7. The smallest absolute Gasteiger partial charge is 0.481 e. The number of ether oxygens (including phenoxy) is 2. The molecule has 3 aliphatic carbocycles. The second kappa shape index (κ2) is 12.5. The van der Waals surface area contributed by atoms with Crippen LogP contribution in [0.2, 0.25) is 0 Å². The Balaban J connectivity index is 0.979. The molecule has 2 amide bonds. The van der Waals surface area contributed by atoms with Gasteiger partial charge in [-0.05, 0) is 75.0 Å². The van der Waals surface area contributed by atoms with Crippen molar-refractivity contribution >= 4 is 35.8 Å². The quantitative estimate of drug-likeness (QED) is 0.113. The maximum absolute atomic E-state index is 13.9. The molecule has 5 aliphatic rings. The minimum absolute atomic E-state index is 0.000946. The summed E-state index contributed by atoms with van der Waals surface area (Å²) >= 11 is 0. The SMILES string of the molecule is C[C@@H](NC(=O)c1ccnc2cc(OCC(=O)Oc3c(F)c(F)cc(F)c3F)ccc12)C(=O)N1CCC[C@H]1B1OC2C[C@H]3C[C@H](C3(C)C)[C@]2(C)O1. The van der Waals surface area contributed by atoms with E-state index in [1.807, 2.05) is 0 Å². The molecule has 1 N–H and O–H groups in total. The van der Waals surface area contributed by atoms with Gasteiger partial charge in [0.2, 0.25) is 23.3 Å². The number of fused-ring (bicyclic) bond motifs is 1. The molecule has 50 heavy (non-hydrogen) atoms. The number of benzene rings is 2. The molecule has 8 rings (SSSR count). The molecule has 5 fully saturated rings. The molecule has 15 heteroatoms. The maximum Gasteiger partial charge on any atom is 0.481 e. The lowest BCUT2D eigenvalue weighted by molar-refractivity contribution is -0.199. The number of likely N-dealkylation sites (tertiary alicyclic amines) is 1. The van der Waals surface area contributed by atoms with E-state index in [1.54, 1.807) is 11.8 Å². The van der Waals surface area contributed by atoms with Gasteiger partial charge in [-0.25, -0.2) is 13.6 Å². The van der Waals surface area contributed by atoms with Gasteiger partial charge in [0.25, 0.3) is 5.91 Å². The average Bonchev–Trinajstić information content (AvgIpc) is 3.71. The summed E-state index contributed by atoms with van der Waals surface area (Å²) in [6, 6.07) is 4.99. The number of hydrogen-bond donors (Lipinski definition) is 1. The van der Waals surface area contributed by atoms with Gasteiger partial charge in [0, 0.05) is 30.3 Å². The Morgan fingerprint density at radius 3 is 2.54 bits per heavy atom. The minimum Gasteiger partial charge on any atom is -0.482 e. The largest absolute Gasteiger partial charge is 0.482 e. The first-order valence-corrected chi connectivity index (χ1v) is 16.7. The number of nitrogens with one attached hydrogen (secondary N) is 1. The van der Waals surface area contributed by atoms with Crippen LogP contribution in [0, 0.1) is 40.5 Å². The van der Waals surface area contributed by atoms with E-state index in [-0.39, 0.29) is 46.3 Å². The van der Waals surface area contributed by atoms with E-state index in [2.05, 4.69) is 35.8 Å². The van der Waals surface area contributed by atoms with Gasteiger partial charge in [-0.15, -0.1) is 0 Å². The molecular weight excluding hydrogens is 661 g/mol. The molecule has 1 unspecified atom stereocenters. The van der Waals surface area contributed by atoms with E-state index in [4.69, 9.17) is 14.0 Å². The van der Waals surface area contributed by atoms with Crippen molar-refractivity contribution in [2.45, 2.75) is 77.1 Å². The molecule has 0 spiro atoms. The van der Waals surface area contributed by atoms with E-state index in [0.717, 1.165) is 25.7 Å². The summed E-state index contributed by atoms with van der Waals surface area (Å²) in [5.41, 5.74) is 0.348. The molecule has 2 aromatic carbocycles. The molecule has 1 aromatic heterocycles. The van der Waals surface area contributed by atoms with Crippen LogP contribution in [-0.4, -0.2) is 71.6 Å². The van der Waals surface area contributed by atoms with Crippen LogP contribution >= 0.6 is 0 Å². The highest BCUT2D eigenvalue weighted by Gasteiger charge is 2.69. The summed E-state index contributed by atoms with van der Waals surface area (Å²) < 4.78 is 77.5. The molecule has 6 atom stereocenters. The Hall–Kier alpha value is -4.24. The predicted molar refractivity (Wildman–Crippen MR) is 171 cm³/mol. The molecule has 3 aromatic rings. The number of pyridine rings is 1. The third kappa shape index (κ3) is 5.67. The zero-order valence-electron chi connectivity index (χ0n) is 27.9. The van der Waals surface area contributed by atoms with E-state index >= 15 is 0 Å². The Kier molecular flexibility index (Phi) is 8.57. The van der Waals surface area contributed by atoms with E-state index < -0.39 is 60.7 Å². The monoisotopic (exact) mass is 697 g/mol. The predicted octanol–water partition coefficient (Wildman–Crippen LogP) is 5.15. The van der Waals surface area contributed by atoms with Crippen LogP contribution < -0.4 is 14.8 Å². The third-order valence-corrected chi connectivity index (χ3v) is 11.2. The van der Waals surface area contributed by atoms with Crippen LogP contribution in [-0.2, 0) is 18.9 Å². The lowest BCUT2D eigenvalue weighted by Gasteiger charge is -2.64. The standard InChI is InChI=1S/C35H36BF4N3O7/c1-17(33(46)43-11-5-6-27(43)36-49-26-13-18-12-25(34(18,2)3)35(26,4)50-36)42-32(45)21-9-10-41-24-14-19(7-8-20(21)24)47-16-28(44)48-31-29(39)22(37)15-23(38)30(31)40/h7-10,14-15,17-18,25-27H,5-6,11-13,16H2,1-4H3,(H,42,45)/t17-,18-,25-,26?,27+,35+/m1/s1. The fraction of sp³-hybridized carbons (Fsp3) is 0.486. The summed E-state index contributed by atoms with van der Waals surface area (Å²) in [7, 11) is -0.524. The van der Waals surface area contributed by atoms with Crippen molar-refractivity contribution in [2.75, 3.05) is 13.2 Å². The van der Waals surface area contributed by atoms with E-state index in [1.165, 1.54) is 30.5 Å². The number of rotatable bonds is 8. The van der Waals surface area contributed by atoms with Crippen molar-refractivity contribution in [3.05, 3.63) is 65.4 Å². The van der Waals surface area contributed by atoms with Crippen molar-refractivity contribution in [3.63, 3.8) is 0 Å². The average molecular weight is 697 g/mol. The van der Waals surface area contributed by atoms with Gasteiger partial charge >= 0.3 is 13.1 Å². The lowest BCUT2D eigenvalue weighted by Crippen LogP contribution is -2.65. The zero-order chi connectivity index (χ0) is 35.7. The van der Waals surface area contributed by atoms with Crippen molar-refractivity contribution < 1.29 is 50.7 Å². The maximum atomic E-state index is 13.9. The fourth-order valence-corrected chi connectivity index (χ4v) is 8.34. The minimum atomic E-state index is -1.86. The summed E-state index contributed by atoms with van der Waals surface area (Å²) in [5, 5.41) is 3.23. The number of hydrogen-bond acceptors (Lipinski definition) is 8. The Labute approximate surface area is 285 Å². The Morgan fingerprint density at radius 1 is 1.08 bits per heavy atom. The molecule has 3 heterocycles. The molecule has 2 bridgehead atoms. The van der Waals surface area contributed by atoms with Gasteiger partial charge in [0.1, 0.15) is 11.8 Å². The number of carbonyl (C=O) groups is 3. The van der Waals surface area contributed by atoms with Crippen LogP contribution in [0.25, 0.3) is 10.9 Å². The van der Waals surface area contributed by atoms with Crippen molar-refractivity contribution in [1.82, 2.24) is 15.2 Å². The third-order valence-electron chi connectivity index (χ3n) is 11.2. The normalized spacial score (nSPS) is 27.0. The molecule has 264 valence electrons. The number of amides is 2. The molecule has 3 saturated carbocycles. The molecule has 2 aliphatic heterocycles. The highest BCUT2D eigenvalue weighted by molar-refractivity contribution is 6.48. The van der Waals surface area contributed by atoms with Crippen molar-refractivity contribution in [3.8, 4) is 11.5 Å². The number of nitrogens with zero attached hydrogens (tertiary/aromatic N) is 2. The van der Waals surface area contributed by atoms with Crippen molar-refractivity contribution in [2.24, 2.45) is 17.3 Å². The first-order chi connectivity index (χ1) is 23.7. The Morgan fingerprint density at radius 2 is 1.82 bits per heavy atom. The topological polar surface area (TPSA) is 116 Å². The number of esters is 1. The molecule has 2 saturated heterocycles. The van der Waals surface area contributed by atoms with Crippen LogP contribution in [0.5, 0.6) is 11.5 Å². The van der Waals surface area contributed by atoms with Crippen LogP contribution in [0.1, 0.15) is 63.7 Å². The lowest BCUT2D eigenvalue weighted by atomic mass is 9.43. The molecule has 10 nitrogen and oxygen atoms in total. The number of halogens is 4. The highest BCUT2D eigenvalue weighted by Crippen LogP contribution is 2.66. The Bertz CT molecular complexity index is 1870. The summed E-state index contributed by atoms with van der Waals surface area (Å²) in [4.78, 5) is 45.3. The summed E-state index contributed by atoms with van der Waals surface area (Å²) in [5.74, 6) is -9.94. The number of carbonyl (C=O) groups excluding carboxylic acids is 3. The van der Waals surface area contributed by atoms with Gasteiger partial charge in [0.05, 0.1) is 28.7 Å². The van der Waals surface area contributed by atoms with Crippen LogP contribution in [0.15, 0.2) is 36.5 Å². The van der Waals surface area contributed by atoms with E-state index in [0.29, 0.717) is 29.3 Å². The fourth-order valence-electron chi connectivity index (χ4n) is 8.34. The van der Waals surface area contributed by atoms with E-state index in [9.17, 15) is 31.9 Å². The van der Waals surface area contributed by atoms with Gasteiger partial charge in [0.15, 0.2) is 18.2 Å². The van der Waals surface area contributed by atoms with Crippen LogP contribution in [0.4, 0.5) is 17.6 Å². The van der Waals surface area contributed by atoms with Gasteiger partial charge < -0.3 is 29.0 Å². The van der Waals surface area contributed by atoms with Crippen molar-refractivity contribution in [1.29, 1.82) is 0 Å². The summed E-state index contributed by atoms with van der Waals surface area (Å²) in [6.45, 7) is 8.05. The highest BCUT2D eigenvalue weighted by atomic mass is 19.2.